The molecule has 24 heavy (non-hydrogen) atoms. The van der Waals surface area contributed by atoms with E-state index in [2.05, 4.69) is 31.9 Å². The molecule has 0 aliphatic heterocycles. The van der Waals surface area contributed by atoms with Crippen LogP contribution in [-0.2, 0) is 10.9 Å². The molecule has 8 heteroatoms. The van der Waals surface area contributed by atoms with Gasteiger partial charge in [0.25, 0.3) is 0 Å². The standard InChI is InChI=1S/C16H14Br2F3NO2/c1-15(2,3)24-14(23)22-8-10(17)7-13(22)9-4-5-12(18)11(6-9)16(19,20)21/h4-8H,1-3H3. The van der Waals surface area contributed by atoms with Crippen molar-refractivity contribution in [3.8, 4) is 11.3 Å². The largest absolute Gasteiger partial charge is 0.443 e. The second-order valence-corrected chi connectivity index (χ2v) is 7.86. The number of ether oxygens (including phenoxy) is 1. The van der Waals surface area contributed by atoms with Crippen LogP contribution in [0.3, 0.4) is 0 Å². The van der Waals surface area contributed by atoms with Crippen LogP contribution >= 0.6 is 31.9 Å². The highest BCUT2D eigenvalue weighted by Crippen LogP contribution is 2.38. The molecule has 0 aliphatic rings. The minimum atomic E-state index is -4.50. The molecule has 0 saturated carbocycles. The Labute approximate surface area is 154 Å². The lowest BCUT2D eigenvalue weighted by Crippen LogP contribution is -2.27. The maximum Gasteiger partial charge on any atom is 0.419 e. The second-order valence-electron chi connectivity index (χ2n) is 6.09. The van der Waals surface area contributed by atoms with E-state index in [0.29, 0.717) is 10.2 Å². The summed E-state index contributed by atoms with van der Waals surface area (Å²) in [4.78, 5) is 12.3. The number of carbonyl (C=O) groups is 1. The van der Waals surface area contributed by atoms with Crippen molar-refractivity contribution in [2.24, 2.45) is 0 Å². The van der Waals surface area contributed by atoms with Gasteiger partial charge >= 0.3 is 12.3 Å². The highest BCUT2D eigenvalue weighted by atomic mass is 79.9. The van der Waals surface area contributed by atoms with Crippen molar-refractivity contribution in [3.05, 3.63) is 45.0 Å². The molecule has 0 fully saturated rings. The van der Waals surface area contributed by atoms with E-state index in [1.807, 2.05) is 0 Å². The van der Waals surface area contributed by atoms with Crippen LogP contribution in [0.1, 0.15) is 26.3 Å². The Bertz CT molecular complexity index is 777. The minimum absolute atomic E-state index is 0.0619. The van der Waals surface area contributed by atoms with Crippen LogP contribution < -0.4 is 0 Å². The monoisotopic (exact) mass is 467 g/mol. The molecule has 0 spiro atoms. The van der Waals surface area contributed by atoms with Gasteiger partial charge in [-0.25, -0.2) is 4.79 Å². The maximum atomic E-state index is 13.1. The highest BCUT2D eigenvalue weighted by molar-refractivity contribution is 9.10. The Morgan fingerprint density at radius 1 is 1.12 bits per heavy atom. The summed E-state index contributed by atoms with van der Waals surface area (Å²) in [5.74, 6) is 0. The van der Waals surface area contributed by atoms with Crippen molar-refractivity contribution in [1.82, 2.24) is 4.57 Å². The normalized spacial score (nSPS) is 12.3. The number of rotatable bonds is 1. The molecule has 2 rings (SSSR count). The van der Waals surface area contributed by atoms with Gasteiger partial charge in [0.1, 0.15) is 5.60 Å². The van der Waals surface area contributed by atoms with Gasteiger partial charge in [0, 0.05) is 15.1 Å². The van der Waals surface area contributed by atoms with E-state index in [4.69, 9.17) is 4.74 Å². The van der Waals surface area contributed by atoms with E-state index in [9.17, 15) is 18.0 Å². The molecular formula is C16H14Br2F3NO2. The van der Waals surface area contributed by atoms with Crippen molar-refractivity contribution < 1.29 is 22.7 Å². The van der Waals surface area contributed by atoms with Crippen LogP contribution in [0.15, 0.2) is 39.4 Å². The van der Waals surface area contributed by atoms with Gasteiger partial charge in [-0.05, 0) is 60.5 Å². The minimum Gasteiger partial charge on any atom is -0.443 e. The zero-order valence-corrected chi connectivity index (χ0v) is 16.2. The molecule has 0 unspecified atom stereocenters. The quantitative estimate of drug-likeness (QED) is 0.479. The molecule has 0 amide bonds. The Morgan fingerprint density at radius 3 is 2.29 bits per heavy atom. The van der Waals surface area contributed by atoms with Crippen molar-refractivity contribution >= 4 is 38.0 Å². The van der Waals surface area contributed by atoms with E-state index in [1.54, 1.807) is 26.8 Å². The summed E-state index contributed by atoms with van der Waals surface area (Å²) in [7, 11) is 0. The van der Waals surface area contributed by atoms with Gasteiger partial charge in [0.05, 0.1) is 11.3 Å². The predicted octanol–water partition coefficient (Wildman–Crippen LogP) is 6.48. The highest BCUT2D eigenvalue weighted by Gasteiger charge is 2.33. The van der Waals surface area contributed by atoms with Crippen LogP contribution in [0, 0.1) is 0 Å². The van der Waals surface area contributed by atoms with Crippen LogP contribution in [-0.4, -0.2) is 16.3 Å². The lowest BCUT2D eigenvalue weighted by Gasteiger charge is -2.20. The number of hydrogen-bond acceptors (Lipinski definition) is 2. The third-order valence-electron chi connectivity index (χ3n) is 2.94. The molecule has 0 atom stereocenters. The van der Waals surface area contributed by atoms with E-state index in [0.717, 1.165) is 6.07 Å². The molecule has 1 heterocycles. The molecule has 0 N–H and O–H groups in total. The molecule has 0 saturated heterocycles. The third kappa shape index (κ3) is 4.42. The Morgan fingerprint density at radius 2 is 1.75 bits per heavy atom. The predicted molar refractivity (Wildman–Crippen MR) is 91.9 cm³/mol. The summed E-state index contributed by atoms with van der Waals surface area (Å²) >= 11 is 6.14. The van der Waals surface area contributed by atoms with Crippen LogP contribution in [0.5, 0.6) is 0 Å². The first kappa shape index (κ1) is 19.1. The fourth-order valence-electron chi connectivity index (χ4n) is 2.02. The Hall–Kier alpha value is -1.28. The van der Waals surface area contributed by atoms with E-state index < -0.39 is 23.4 Å². The number of benzene rings is 1. The van der Waals surface area contributed by atoms with Gasteiger partial charge in [-0.2, -0.15) is 13.2 Å². The first-order valence-electron chi connectivity index (χ1n) is 6.87. The lowest BCUT2D eigenvalue weighted by atomic mass is 10.1. The van der Waals surface area contributed by atoms with Crippen LogP contribution in [0.25, 0.3) is 11.3 Å². The molecule has 0 bridgehead atoms. The maximum absolute atomic E-state index is 13.1. The van der Waals surface area contributed by atoms with E-state index >= 15 is 0 Å². The van der Waals surface area contributed by atoms with Gasteiger partial charge in [-0.15, -0.1) is 0 Å². The van der Waals surface area contributed by atoms with Crippen molar-refractivity contribution in [2.45, 2.75) is 32.5 Å². The summed E-state index contributed by atoms with van der Waals surface area (Å²) in [6.45, 7) is 5.14. The van der Waals surface area contributed by atoms with Gasteiger partial charge in [-0.3, -0.25) is 4.57 Å². The van der Waals surface area contributed by atoms with Crippen molar-refractivity contribution in [2.75, 3.05) is 0 Å². The summed E-state index contributed by atoms with van der Waals surface area (Å²) in [6.07, 6.45) is -3.71. The average molecular weight is 469 g/mol. The second kappa shape index (κ2) is 6.55. The topological polar surface area (TPSA) is 31.2 Å². The number of nitrogens with zero attached hydrogens (tertiary/aromatic N) is 1. The Balaban J connectivity index is 2.53. The summed E-state index contributed by atoms with van der Waals surface area (Å²) in [5.41, 5.74) is -0.980. The number of aromatic nitrogens is 1. The van der Waals surface area contributed by atoms with Crippen LogP contribution in [0.4, 0.5) is 18.0 Å². The number of alkyl halides is 3. The first-order chi connectivity index (χ1) is 10.9. The zero-order valence-electron chi connectivity index (χ0n) is 13.0. The van der Waals surface area contributed by atoms with Gasteiger partial charge < -0.3 is 4.74 Å². The molecule has 1 aromatic heterocycles. The smallest absolute Gasteiger partial charge is 0.419 e. The Kier molecular flexibility index (Phi) is 5.20. The summed E-state index contributed by atoms with van der Waals surface area (Å²) in [6, 6.07) is 5.36. The molecule has 0 radical (unpaired) electrons. The number of halogens is 5. The van der Waals surface area contributed by atoms with Gasteiger partial charge in [0.2, 0.25) is 0 Å². The molecule has 2 aromatic rings. The zero-order chi connectivity index (χ0) is 18.3. The van der Waals surface area contributed by atoms with Gasteiger partial charge in [-0.1, -0.05) is 22.0 Å². The number of hydrogen-bond donors (Lipinski definition) is 0. The average Bonchev–Trinajstić information content (AvgIpc) is 2.78. The molecule has 3 nitrogen and oxygen atoms in total. The van der Waals surface area contributed by atoms with Crippen molar-refractivity contribution in [1.29, 1.82) is 0 Å². The molecule has 1 aromatic carbocycles. The lowest BCUT2D eigenvalue weighted by molar-refractivity contribution is -0.138. The first-order valence-corrected chi connectivity index (χ1v) is 8.45. The molecular weight excluding hydrogens is 455 g/mol. The SMILES string of the molecule is CC(C)(C)OC(=O)n1cc(Br)cc1-c1ccc(Br)c(C(F)(F)F)c1. The van der Waals surface area contributed by atoms with Crippen LogP contribution in [0.2, 0.25) is 0 Å². The third-order valence-corrected chi connectivity index (χ3v) is 4.07. The van der Waals surface area contributed by atoms with E-state index in [-0.39, 0.29) is 10.0 Å². The fourth-order valence-corrected chi connectivity index (χ4v) is 2.91. The molecule has 130 valence electrons. The summed E-state index contributed by atoms with van der Waals surface area (Å²) in [5, 5.41) is 0. The molecule has 0 aliphatic carbocycles. The van der Waals surface area contributed by atoms with Crippen molar-refractivity contribution in [3.63, 3.8) is 0 Å². The van der Waals surface area contributed by atoms with E-state index in [1.165, 1.54) is 22.9 Å². The van der Waals surface area contributed by atoms with Gasteiger partial charge in [0.15, 0.2) is 0 Å². The fraction of sp³-hybridized carbons (Fsp3) is 0.312. The summed E-state index contributed by atoms with van der Waals surface area (Å²) < 4.78 is 46.2. The number of carbonyl (C=O) groups excluding carboxylic acids is 1.